The average Bonchev–Trinajstić information content (AvgIpc) is 2.68. The SMILES string of the molecule is COc1ccc(CN2CCc3cnc(-c4ccc(N)cc4)nc3C2)cc1O. The third-order valence-electron chi connectivity index (χ3n) is 4.84. The summed E-state index contributed by atoms with van der Waals surface area (Å²) < 4.78 is 5.11. The molecule has 1 aliphatic rings. The second kappa shape index (κ2) is 7.25. The molecule has 0 saturated carbocycles. The summed E-state index contributed by atoms with van der Waals surface area (Å²) in [5.74, 6) is 1.38. The number of aromatic nitrogens is 2. The van der Waals surface area contributed by atoms with Crippen LogP contribution in [0.4, 0.5) is 5.69 Å². The number of methoxy groups -OCH3 is 1. The van der Waals surface area contributed by atoms with Crippen LogP contribution in [-0.4, -0.2) is 33.6 Å². The van der Waals surface area contributed by atoms with E-state index in [1.54, 1.807) is 19.2 Å². The van der Waals surface area contributed by atoms with Crippen molar-refractivity contribution in [1.82, 2.24) is 14.9 Å². The molecule has 2 heterocycles. The Hall–Kier alpha value is -3.12. The number of rotatable bonds is 4. The molecule has 0 spiro atoms. The maximum absolute atomic E-state index is 9.99. The molecule has 3 aromatic rings. The molecule has 0 radical (unpaired) electrons. The summed E-state index contributed by atoms with van der Waals surface area (Å²) in [5, 5.41) is 9.99. The van der Waals surface area contributed by atoms with E-state index in [4.69, 9.17) is 15.5 Å². The molecule has 138 valence electrons. The Morgan fingerprint density at radius 2 is 2.00 bits per heavy atom. The summed E-state index contributed by atoms with van der Waals surface area (Å²) in [5.41, 5.74) is 10.8. The first-order valence-corrected chi connectivity index (χ1v) is 8.91. The van der Waals surface area contributed by atoms with Gasteiger partial charge in [0, 0.05) is 37.1 Å². The topological polar surface area (TPSA) is 84.5 Å². The fraction of sp³-hybridized carbons (Fsp3) is 0.238. The molecular weight excluding hydrogens is 340 g/mol. The molecule has 1 aromatic heterocycles. The Balaban J connectivity index is 1.52. The maximum Gasteiger partial charge on any atom is 0.160 e. The van der Waals surface area contributed by atoms with E-state index in [2.05, 4.69) is 9.88 Å². The summed E-state index contributed by atoms with van der Waals surface area (Å²) in [4.78, 5) is 11.6. The van der Waals surface area contributed by atoms with E-state index >= 15 is 0 Å². The first-order valence-electron chi connectivity index (χ1n) is 8.91. The number of ether oxygens (including phenoxy) is 1. The molecule has 0 fully saturated rings. The Labute approximate surface area is 158 Å². The van der Waals surface area contributed by atoms with Gasteiger partial charge >= 0.3 is 0 Å². The van der Waals surface area contributed by atoms with Crippen LogP contribution >= 0.6 is 0 Å². The number of benzene rings is 2. The van der Waals surface area contributed by atoms with Gasteiger partial charge in [0.05, 0.1) is 12.8 Å². The van der Waals surface area contributed by atoms with Crippen LogP contribution in [0, 0.1) is 0 Å². The Bertz CT molecular complexity index is 957. The molecule has 0 saturated heterocycles. The number of phenolic OH excluding ortho intramolecular Hbond substituents is 1. The molecule has 0 amide bonds. The third kappa shape index (κ3) is 3.71. The van der Waals surface area contributed by atoms with Crippen molar-refractivity contribution >= 4 is 5.69 Å². The van der Waals surface area contributed by atoms with E-state index in [0.717, 1.165) is 54.4 Å². The highest BCUT2D eigenvalue weighted by Gasteiger charge is 2.19. The highest BCUT2D eigenvalue weighted by Crippen LogP contribution is 2.28. The monoisotopic (exact) mass is 362 g/mol. The highest BCUT2D eigenvalue weighted by atomic mass is 16.5. The largest absolute Gasteiger partial charge is 0.504 e. The van der Waals surface area contributed by atoms with E-state index in [-0.39, 0.29) is 5.75 Å². The average molecular weight is 362 g/mol. The number of nitrogen functional groups attached to an aromatic ring is 1. The van der Waals surface area contributed by atoms with Gasteiger partial charge in [0.25, 0.3) is 0 Å². The number of nitrogens with two attached hydrogens (primary N) is 1. The lowest BCUT2D eigenvalue weighted by Gasteiger charge is -2.28. The maximum atomic E-state index is 9.99. The minimum absolute atomic E-state index is 0.167. The highest BCUT2D eigenvalue weighted by molar-refractivity contribution is 5.58. The Morgan fingerprint density at radius 3 is 2.74 bits per heavy atom. The number of anilines is 1. The fourth-order valence-electron chi connectivity index (χ4n) is 3.36. The molecule has 4 rings (SSSR count). The quantitative estimate of drug-likeness (QED) is 0.694. The number of hydrogen-bond donors (Lipinski definition) is 2. The van der Waals surface area contributed by atoms with Crippen LogP contribution in [0.3, 0.4) is 0 Å². The fourth-order valence-corrected chi connectivity index (χ4v) is 3.36. The first kappa shape index (κ1) is 17.3. The second-order valence-corrected chi connectivity index (χ2v) is 6.75. The zero-order valence-corrected chi connectivity index (χ0v) is 15.2. The van der Waals surface area contributed by atoms with Crippen molar-refractivity contribution in [3.63, 3.8) is 0 Å². The Kier molecular flexibility index (Phi) is 4.64. The number of fused-ring (bicyclic) bond motifs is 1. The van der Waals surface area contributed by atoms with Crippen LogP contribution in [0.25, 0.3) is 11.4 Å². The second-order valence-electron chi connectivity index (χ2n) is 6.75. The van der Waals surface area contributed by atoms with E-state index in [1.165, 1.54) is 5.56 Å². The van der Waals surface area contributed by atoms with E-state index in [0.29, 0.717) is 5.75 Å². The predicted octanol–water partition coefficient (Wildman–Crippen LogP) is 3.00. The third-order valence-corrected chi connectivity index (χ3v) is 4.84. The lowest BCUT2D eigenvalue weighted by Crippen LogP contribution is -2.31. The van der Waals surface area contributed by atoms with Crippen LogP contribution in [-0.2, 0) is 19.5 Å². The molecule has 0 bridgehead atoms. The van der Waals surface area contributed by atoms with Crippen molar-refractivity contribution in [2.45, 2.75) is 19.5 Å². The van der Waals surface area contributed by atoms with Gasteiger partial charge in [-0.2, -0.15) is 0 Å². The summed E-state index contributed by atoms with van der Waals surface area (Å²) in [6.07, 6.45) is 2.85. The van der Waals surface area contributed by atoms with Gasteiger partial charge in [0.2, 0.25) is 0 Å². The minimum atomic E-state index is 0.167. The molecular formula is C21H22N4O2. The number of hydrogen-bond acceptors (Lipinski definition) is 6. The minimum Gasteiger partial charge on any atom is -0.504 e. The van der Waals surface area contributed by atoms with Crippen molar-refractivity contribution in [1.29, 1.82) is 0 Å². The van der Waals surface area contributed by atoms with Crippen molar-refractivity contribution in [2.24, 2.45) is 0 Å². The van der Waals surface area contributed by atoms with Crippen LogP contribution in [0.1, 0.15) is 16.8 Å². The lowest BCUT2D eigenvalue weighted by atomic mass is 10.1. The summed E-state index contributed by atoms with van der Waals surface area (Å²) in [6, 6.07) is 13.1. The molecule has 1 aliphatic heterocycles. The zero-order chi connectivity index (χ0) is 18.8. The van der Waals surface area contributed by atoms with Gasteiger partial charge in [0.1, 0.15) is 0 Å². The molecule has 2 aromatic carbocycles. The molecule has 0 aliphatic carbocycles. The van der Waals surface area contributed by atoms with Gasteiger partial charge < -0.3 is 15.6 Å². The standard InChI is InChI=1S/C21H22N4O2/c1-27-20-7-2-14(10-19(20)26)12-25-9-8-16-11-23-21(24-18(16)13-25)15-3-5-17(22)6-4-15/h2-7,10-11,26H,8-9,12-13,22H2,1H3. The molecule has 6 nitrogen and oxygen atoms in total. The lowest BCUT2D eigenvalue weighted by molar-refractivity contribution is 0.241. The van der Waals surface area contributed by atoms with Gasteiger partial charge in [-0.3, -0.25) is 4.90 Å². The molecule has 6 heteroatoms. The van der Waals surface area contributed by atoms with Crippen LogP contribution in [0.2, 0.25) is 0 Å². The zero-order valence-electron chi connectivity index (χ0n) is 15.2. The first-order chi connectivity index (χ1) is 13.1. The van der Waals surface area contributed by atoms with Gasteiger partial charge in [-0.25, -0.2) is 9.97 Å². The van der Waals surface area contributed by atoms with Crippen molar-refractivity contribution in [2.75, 3.05) is 19.4 Å². The van der Waals surface area contributed by atoms with Gasteiger partial charge in [0.15, 0.2) is 17.3 Å². The van der Waals surface area contributed by atoms with Gasteiger partial charge in [-0.05, 0) is 53.9 Å². The van der Waals surface area contributed by atoms with E-state index in [9.17, 15) is 5.11 Å². The van der Waals surface area contributed by atoms with Crippen molar-refractivity contribution in [3.05, 3.63) is 65.5 Å². The predicted molar refractivity (Wildman–Crippen MR) is 104 cm³/mol. The van der Waals surface area contributed by atoms with Crippen molar-refractivity contribution in [3.8, 4) is 22.9 Å². The normalized spacial score (nSPS) is 14.0. The van der Waals surface area contributed by atoms with E-state index in [1.807, 2.05) is 36.5 Å². The smallest absolute Gasteiger partial charge is 0.160 e. The number of nitrogens with zero attached hydrogens (tertiary/aromatic N) is 3. The van der Waals surface area contributed by atoms with Crippen LogP contribution in [0.5, 0.6) is 11.5 Å². The van der Waals surface area contributed by atoms with E-state index < -0.39 is 0 Å². The summed E-state index contributed by atoms with van der Waals surface area (Å²) >= 11 is 0. The van der Waals surface area contributed by atoms with Gasteiger partial charge in [-0.1, -0.05) is 6.07 Å². The molecule has 0 unspecified atom stereocenters. The summed E-state index contributed by atoms with van der Waals surface area (Å²) in [7, 11) is 1.55. The summed E-state index contributed by atoms with van der Waals surface area (Å²) in [6.45, 7) is 2.44. The number of aromatic hydroxyl groups is 1. The van der Waals surface area contributed by atoms with Crippen molar-refractivity contribution < 1.29 is 9.84 Å². The Morgan fingerprint density at radius 1 is 1.19 bits per heavy atom. The molecule has 27 heavy (non-hydrogen) atoms. The molecule has 0 atom stereocenters. The van der Waals surface area contributed by atoms with Crippen LogP contribution in [0.15, 0.2) is 48.7 Å². The van der Waals surface area contributed by atoms with Crippen LogP contribution < -0.4 is 10.5 Å². The van der Waals surface area contributed by atoms with Gasteiger partial charge in [-0.15, -0.1) is 0 Å². The number of phenols is 1. The molecule has 3 N–H and O–H groups in total.